The lowest BCUT2D eigenvalue weighted by Crippen LogP contribution is -2.23. The molecule has 0 aliphatic heterocycles. The molecule has 2 N–H and O–H groups in total. The number of hydrogen-bond acceptors (Lipinski definition) is 2. The van der Waals surface area contributed by atoms with Crippen LogP contribution in [0.3, 0.4) is 0 Å². The van der Waals surface area contributed by atoms with E-state index in [1.54, 1.807) is 0 Å². The summed E-state index contributed by atoms with van der Waals surface area (Å²) in [4.78, 5) is 10.8. The minimum absolute atomic E-state index is 0.0141. The number of amides is 1. The fourth-order valence-electron chi connectivity index (χ4n) is 1.30. The summed E-state index contributed by atoms with van der Waals surface area (Å²) >= 11 is 0. The van der Waals surface area contributed by atoms with E-state index in [1.165, 1.54) is 6.92 Å². The van der Waals surface area contributed by atoms with Crippen LogP contribution in [0.5, 0.6) is 0 Å². The molecule has 0 heterocycles. The van der Waals surface area contributed by atoms with Crippen molar-refractivity contribution in [1.82, 2.24) is 5.32 Å². The van der Waals surface area contributed by atoms with Crippen LogP contribution < -0.4 is 5.32 Å². The Labute approximate surface area is 83.8 Å². The van der Waals surface area contributed by atoms with Crippen LogP contribution in [0.1, 0.15) is 31.0 Å². The second kappa shape index (κ2) is 4.77. The molecule has 1 amide bonds. The van der Waals surface area contributed by atoms with Crippen LogP contribution in [0.2, 0.25) is 0 Å². The summed E-state index contributed by atoms with van der Waals surface area (Å²) in [5.74, 6) is -0.0382. The van der Waals surface area contributed by atoms with Crippen LogP contribution in [0.25, 0.3) is 0 Å². The molecule has 14 heavy (non-hydrogen) atoms. The number of hydrogen-bond donors (Lipinski definition) is 2. The number of carbonyl (C=O) groups is 1. The quantitative estimate of drug-likeness (QED) is 0.761. The topological polar surface area (TPSA) is 49.3 Å². The maximum atomic E-state index is 10.8. The highest BCUT2D eigenvalue weighted by Crippen LogP contribution is 2.13. The minimum Gasteiger partial charge on any atom is -0.392 e. The summed E-state index contributed by atoms with van der Waals surface area (Å²) in [5, 5.41) is 11.6. The van der Waals surface area contributed by atoms with Crippen molar-refractivity contribution in [3.63, 3.8) is 0 Å². The molecular weight excluding hydrogens is 178 g/mol. The van der Waals surface area contributed by atoms with E-state index < -0.39 is 0 Å². The van der Waals surface area contributed by atoms with Crippen LogP contribution >= 0.6 is 0 Å². The summed E-state index contributed by atoms with van der Waals surface area (Å²) in [6.07, 6.45) is 0. The fourth-order valence-corrected chi connectivity index (χ4v) is 1.30. The lowest BCUT2D eigenvalue weighted by Gasteiger charge is -2.12. The van der Waals surface area contributed by atoms with Crippen LogP contribution in [0.15, 0.2) is 24.3 Å². The highest BCUT2D eigenvalue weighted by atomic mass is 16.3. The summed E-state index contributed by atoms with van der Waals surface area (Å²) in [5.41, 5.74) is 1.92. The van der Waals surface area contributed by atoms with E-state index in [1.807, 2.05) is 31.2 Å². The van der Waals surface area contributed by atoms with Crippen molar-refractivity contribution in [3.05, 3.63) is 35.4 Å². The summed E-state index contributed by atoms with van der Waals surface area (Å²) in [7, 11) is 0. The number of rotatable bonds is 3. The van der Waals surface area contributed by atoms with Gasteiger partial charge in [0.2, 0.25) is 5.91 Å². The Morgan fingerprint density at radius 2 is 2.00 bits per heavy atom. The molecule has 3 heteroatoms. The first-order chi connectivity index (χ1) is 6.63. The standard InChI is InChI=1S/C11H15NO2/c1-8(12-9(2)14)11-5-3-10(7-13)4-6-11/h3-6,8,13H,7H2,1-2H3,(H,12,14)/t8-/m1/s1. The Morgan fingerprint density at radius 3 is 2.43 bits per heavy atom. The van der Waals surface area contributed by atoms with E-state index in [0.29, 0.717) is 0 Å². The van der Waals surface area contributed by atoms with E-state index in [-0.39, 0.29) is 18.6 Å². The SMILES string of the molecule is CC(=O)N[C@H](C)c1ccc(CO)cc1. The molecule has 1 aromatic carbocycles. The predicted octanol–water partition coefficient (Wildman–Crippen LogP) is 1.38. The molecule has 0 unspecified atom stereocenters. The third-order valence-corrected chi connectivity index (χ3v) is 2.08. The normalized spacial score (nSPS) is 12.2. The molecule has 1 atom stereocenters. The van der Waals surface area contributed by atoms with Crippen LogP contribution in [0, 0.1) is 0 Å². The van der Waals surface area contributed by atoms with Crippen molar-refractivity contribution >= 4 is 5.91 Å². The number of benzene rings is 1. The zero-order valence-corrected chi connectivity index (χ0v) is 8.45. The number of carbonyl (C=O) groups excluding carboxylic acids is 1. The number of aliphatic hydroxyl groups is 1. The second-order valence-corrected chi connectivity index (χ2v) is 3.32. The van der Waals surface area contributed by atoms with Gasteiger partial charge in [-0.2, -0.15) is 0 Å². The molecule has 0 spiro atoms. The predicted molar refractivity (Wildman–Crippen MR) is 54.6 cm³/mol. The van der Waals surface area contributed by atoms with Crippen LogP contribution in [-0.4, -0.2) is 11.0 Å². The molecule has 0 radical (unpaired) electrons. The zero-order chi connectivity index (χ0) is 10.6. The Balaban J connectivity index is 2.71. The van der Waals surface area contributed by atoms with Crippen molar-refractivity contribution in [3.8, 4) is 0 Å². The summed E-state index contributed by atoms with van der Waals surface area (Å²) in [6, 6.07) is 7.54. The molecular formula is C11H15NO2. The maximum Gasteiger partial charge on any atom is 0.217 e. The lowest BCUT2D eigenvalue weighted by atomic mass is 10.1. The lowest BCUT2D eigenvalue weighted by molar-refractivity contribution is -0.119. The molecule has 0 saturated heterocycles. The number of nitrogens with one attached hydrogen (secondary N) is 1. The molecule has 0 aliphatic rings. The average Bonchev–Trinajstić information content (AvgIpc) is 2.17. The smallest absolute Gasteiger partial charge is 0.217 e. The van der Waals surface area contributed by atoms with Crippen molar-refractivity contribution in [2.45, 2.75) is 26.5 Å². The van der Waals surface area contributed by atoms with Crippen LogP contribution in [-0.2, 0) is 11.4 Å². The Bertz CT molecular complexity index is 306. The molecule has 0 fully saturated rings. The van der Waals surface area contributed by atoms with Gasteiger partial charge in [0.25, 0.3) is 0 Å². The van der Waals surface area contributed by atoms with Gasteiger partial charge in [-0.3, -0.25) is 4.79 Å². The fraction of sp³-hybridized carbons (Fsp3) is 0.364. The molecule has 76 valence electrons. The van der Waals surface area contributed by atoms with E-state index in [0.717, 1.165) is 11.1 Å². The van der Waals surface area contributed by atoms with Gasteiger partial charge < -0.3 is 10.4 Å². The van der Waals surface area contributed by atoms with Gasteiger partial charge in [0, 0.05) is 6.92 Å². The van der Waals surface area contributed by atoms with E-state index >= 15 is 0 Å². The molecule has 0 saturated carbocycles. The summed E-state index contributed by atoms with van der Waals surface area (Å²) < 4.78 is 0. The highest BCUT2D eigenvalue weighted by molar-refractivity contribution is 5.73. The van der Waals surface area contributed by atoms with Crippen molar-refractivity contribution in [1.29, 1.82) is 0 Å². The first-order valence-electron chi connectivity index (χ1n) is 4.60. The number of aliphatic hydroxyl groups excluding tert-OH is 1. The van der Waals surface area contributed by atoms with Gasteiger partial charge in [-0.1, -0.05) is 24.3 Å². The molecule has 1 rings (SSSR count). The third kappa shape index (κ3) is 2.85. The van der Waals surface area contributed by atoms with Gasteiger partial charge >= 0.3 is 0 Å². The minimum atomic E-state index is -0.0382. The zero-order valence-electron chi connectivity index (χ0n) is 8.45. The maximum absolute atomic E-state index is 10.8. The Kier molecular flexibility index (Phi) is 3.65. The van der Waals surface area contributed by atoms with Crippen LogP contribution in [0.4, 0.5) is 0 Å². The monoisotopic (exact) mass is 193 g/mol. The van der Waals surface area contributed by atoms with Gasteiger partial charge in [0.05, 0.1) is 12.6 Å². The van der Waals surface area contributed by atoms with Gasteiger partial charge in [-0.05, 0) is 18.1 Å². The van der Waals surface area contributed by atoms with E-state index in [2.05, 4.69) is 5.32 Å². The van der Waals surface area contributed by atoms with Gasteiger partial charge in [0.15, 0.2) is 0 Å². The second-order valence-electron chi connectivity index (χ2n) is 3.32. The highest BCUT2D eigenvalue weighted by Gasteiger charge is 2.05. The molecule has 0 aliphatic carbocycles. The van der Waals surface area contributed by atoms with Gasteiger partial charge in [-0.25, -0.2) is 0 Å². The molecule has 0 aromatic heterocycles. The Hall–Kier alpha value is -1.35. The third-order valence-electron chi connectivity index (χ3n) is 2.08. The molecule has 3 nitrogen and oxygen atoms in total. The van der Waals surface area contributed by atoms with Crippen molar-refractivity contribution in [2.75, 3.05) is 0 Å². The Morgan fingerprint density at radius 1 is 1.43 bits per heavy atom. The van der Waals surface area contributed by atoms with Gasteiger partial charge in [0.1, 0.15) is 0 Å². The largest absolute Gasteiger partial charge is 0.392 e. The molecule has 1 aromatic rings. The first kappa shape index (κ1) is 10.7. The first-order valence-corrected chi connectivity index (χ1v) is 4.60. The molecule has 0 bridgehead atoms. The van der Waals surface area contributed by atoms with E-state index in [9.17, 15) is 4.79 Å². The summed E-state index contributed by atoms with van der Waals surface area (Å²) in [6.45, 7) is 3.47. The van der Waals surface area contributed by atoms with Crippen molar-refractivity contribution < 1.29 is 9.90 Å². The van der Waals surface area contributed by atoms with E-state index in [4.69, 9.17) is 5.11 Å². The average molecular weight is 193 g/mol. The van der Waals surface area contributed by atoms with Crippen molar-refractivity contribution in [2.24, 2.45) is 0 Å². The van der Waals surface area contributed by atoms with Gasteiger partial charge in [-0.15, -0.1) is 0 Å².